The van der Waals surface area contributed by atoms with E-state index in [-0.39, 0.29) is 10.7 Å². The van der Waals surface area contributed by atoms with Crippen LogP contribution in [0.3, 0.4) is 0 Å². The van der Waals surface area contributed by atoms with E-state index in [9.17, 15) is 4.79 Å². The highest BCUT2D eigenvalue weighted by molar-refractivity contribution is 7.99. The Morgan fingerprint density at radius 2 is 2.04 bits per heavy atom. The molecule has 0 unspecified atom stereocenters. The van der Waals surface area contributed by atoms with Crippen molar-refractivity contribution in [1.29, 1.82) is 0 Å². The van der Waals surface area contributed by atoms with Gasteiger partial charge in [-0.25, -0.2) is 0 Å². The second-order valence-electron chi connectivity index (χ2n) is 5.67. The summed E-state index contributed by atoms with van der Waals surface area (Å²) < 4.78 is 0.136. The van der Waals surface area contributed by atoms with E-state index in [0.29, 0.717) is 6.54 Å². The average molecular weight is 357 g/mol. The molecule has 0 saturated heterocycles. The van der Waals surface area contributed by atoms with E-state index in [1.54, 1.807) is 0 Å². The van der Waals surface area contributed by atoms with Crippen molar-refractivity contribution in [3.05, 3.63) is 22.4 Å². The number of guanidine groups is 1. The molecule has 0 spiro atoms. The number of thioether (sulfide) groups is 1. The van der Waals surface area contributed by atoms with Crippen LogP contribution in [0.15, 0.2) is 22.5 Å². The molecule has 0 fully saturated rings. The summed E-state index contributed by atoms with van der Waals surface area (Å²) in [6, 6.07) is 3.72. The predicted octanol–water partition coefficient (Wildman–Crippen LogP) is 2.56. The first kappa shape index (κ1) is 19.8. The molecule has 5 nitrogen and oxygen atoms in total. The highest BCUT2D eigenvalue weighted by Crippen LogP contribution is 2.20. The molecule has 1 amide bonds. The molecule has 130 valence electrons. The minimum Gasteiger partial charge on any atom is -0.357 e. The minimum absolute atomic E-state index is 0.00212. The maximum absolute atomic E-state index is 11.8. The number of amides is 1. The van der Waals surface area contributed by atoms with Crippen LogP contribution in [0.4, 0.5) is 0 Å². The van der Waals surface area contributed by atoms with Crippen LogP contribution >= 0.6 is 23.1 Å². The van der Waals surface area contributed by atoms with Gasteiger partial charge in [-0.15, -0.1) is 11.3 Å². The molecule has 0 aromatic carbocycles. The molecule has 23 heavy (non-hydrogen) atoms. The zero-order valence-electron chi connectivity index (χ0n) is 14.4. The van der Waals surface area contributed by atoms with Gasteiger partial charge in [0.2, 0.25) is 0 Å². The Bertz CT molecular complexity index is 486. The first-order valence-corrected chi connectivity index (χ1v) is 9.98. The third kappa shape index (κ3) is 8.27. The normalized spacial score (nSPS) is 12.1. The van der Waals surface area contributed by atoms with Crippen LogP contribution in [0, 0.1) is 0 Å². The fraction of sp³-hybridized carbons (Fsp3) is 0.625. The quantitative estimate of drug-likeness (QED) is 0.361. The number of rotatable bonds is 9. The van der Waals surface area contributed by atoms with Crippen molar-refractivity contribution < 1.29 is 4.79 Å². The third-order valence-corrected chi connectivity index (χ3v) is 5.29. The Morgan fingerprint density at radius 3 is 2.65 bits per heavy atom. The summed E-state index contributed by atoms with van der Waals surface area (Å²) in [6.07, 6.45) is 2.96. The van der Waals surface area contributed by atoms with Gasteiger partial charge in [-0.05, 0) is 44.9 Å². The molecule has 0 saturated carbocycles. The van der Waals surface area contributed by atoms with Gasteiger partial charge in [-0.3, -0.25) is 9.79 Å². The van der Waals surface area contributed by atoms with Gasteiger partial charge in [-0.2, -0.15) is 11.8 Å². The molecule has 0 aliphatic heterocycles. The van der Waals surface area contributed by atoms with Crippen LogP contribution < -0.4 is 16.0 Å². The van der Waals surface area contributed by atoms with Gasteiger partial charge in [0.15, 0.2) is 5.96 Å². The number of nitrogens with one attached hydrogen (secondary N) is 3. The summed E-state index contributed by atoms with van der Waals surface area (Å²) in [7, 11) is 0. The van der Waals surface area contributed by atoms with Gasteiger partial charge in [0, 0.05) is 24.4 Å². The maximum Gasteiger partial charge on any atom is 0.261 e. The molecular formula is C16H28N4OS2. The van der Waals surface area contributed by atoms with Crippen molar-refractivity contribution in [2.45, 2.75) is 31.9 Å². The molecule has 7 heteroatoms. The van der Waals surface area contributed by atoms with Gasteiger partial charge in [0.1, 0.15) is 0 Å². The molecule has 1 rings (SSSR count). The summed E-state index contributed by atoms with van der Waals surface area (Å²) in [6.45, 7) is 9.45. The highest BCUT2D eigenvalue weighted by atomic mass is 32.2. The average Bonchev–Trinajstić information content (AvgIpc) is 3.06. The predicted molar refractivity (Wildman–Crippen MR) is 103 cm³/mol. The fourth-order valence-corrected chi connectivity index (χ4v) is 2.50. The lowest BCUT2D eigenvalue weighted by atomic mass is 10.2. The van der Waals surface area contributed by atoms with Crippen LogP contribution in [-0.4, -0.2) is 49.0 Å². The van der Waals surface area contributed by atoms with Crippen LogP contribution in [0.2, 0.25) is 0 Å². The summed E-state index contributed by atoms with van der Waals surface area (Å²) in [4.78, 5) is 17.2. The van der Waals surface area contributed by atoms with Crippen molar-refractivity contribution in [3.63, 3.8) is 0 Å². The molecule has 0 atom stereocenters. The van der Waals surface area contributed by atoms with Crippen LogP contribution in [0.25, 0.3) is 0 Å². The van der Waals surface area contributed by atoms with Gasteiger partial charge in [0.25, 0.3) is 5.91 Å². The van der Waals surface area contributed by atoms with Gasteiger partial charge in [-0.1, -0.05) is 6.07 Å². The largest absolute Gasteiger partial charge is 0.357 e. The number of hydrogen-bond acceptors (Lipinski definition) is 4. The Kier molecular flexibility index (Phi) is 9.09. The van der Waals surface area contributed by atoms with Crippen molar-refractivity contribution in [1.82, 2.24) is 16.0 Å². The molecule has 1 aromatic rings. The number of thiophene rings is 1. The van der Waals surface area contributed by atoms with E-state index in [1.807, 2.05) is 29.3 Å². The van der Waals surface area contributed by atoms with Crippen molar-refractivity contribution in [2.75, 3.05) is 32.4 Å². The zero-order valence-corrected chi connectivity index (χ0v) is 16.1. The van der Waals surface area contributed by atoms with Gasteiger partial charge in [0.05, 0.1) is 11.4 Å². The molecule has 0 aliphatic carbocycles. The topological polar surface area (TPSA) is 65.5 Å². The van der Waals surface area contributed by atoms with Crippen molar-refractivity contribution in [2.24, 2.45) is 4.99 Å². The van der Waals surface area contributed by atoms with E-state index in [1.165, 1.54) is 11.3 Å². The van der Waals surface area contributed by atoms with E-state index >= 15 is 0 Å². The minimum atomic E-state index is 0.00212. The Hall–Kier alpha value is -1.21. The van der Waals surface area contributed by atoms with Crippen LogP contribution in [0.1, 0.15) is 36.9 Å². The van der Waals surface area contributed by atoms with Crippen LogP contribution in [-0.2, 0) is 0 Å². The highest BCUT2D eigenvalue weighted by Gasteiger charge is 2.15. The Morgan fingerprint density at radius 1 is 1.30 bits per heavy atom. The lowest BCUT2D eigenvalue weighted by Crippen LogP contribution is -2.39. The second-order valence-corrected chi connectivity index (χ2v) is 8.13. The first-order valence-electron chi connectivity index (χ1n) is 7.87. The molecule has 0 radical (unpaired) electrons. The van der Waals surface area contributed by atoms with Crippen molar-refractivity contribution >= 4 is 35.0 Å². The van der Waals surface area contributed by atoms with Gasteiger partial charge < -0.3 is 16.0 Å². The second kappa shape index (κ2) is 10.5. The molecule has 3 N–H and O–H groups in total. The molecule has 1 heterocycles. The van der Waals surface area contributed by atoms with Gasteiger partial charge >= 0.3 is 0 Å². The maximum atomic E-state index is 11.8. The summed E-state index contributed by atoms with van der Waals surface area (Å²) in [5, 5.41) is 11.4. The van der Waals surface area contributed by atoms with E-state index in [4.69, 9.17) is 0 Å². The Balaban J connectivity index is 2.27. The number of carbonyl (C=O) groups is 1. The van der Waals surface area contributed by atoms with E-state index in [2.05, 4.69) is 48.0 Å². The smallest absolute Gasteiger partial charge is 0.261 e. The molecule has 0 aliphatic rings. The van der Waals surface area contributed by atoms with E-state index < -0.39 is 0 Å². The molecule has 1 aromatic heterocycles. The third-order valence-electron chi connectivity index (χ3n) is 3.19. The number of aliphatic imine (C=N–C) groups is 1. The Labute approximate surface area is 147 Å². The summed E-state index contributed by atoms with van der Waals surface area (Å²) in [5.41, 5.74) is 0. The first-order chi connectivity index (χ1) is 11.0. The van der Waals surface area contributed by atoms with Crippen LogP contribution in [0.5, 0.6) is 0 Å². The lowest BCUT2D eigenvalue weighted by molar-refractivity contribution is 0.0957. The molecular weight excluding hydrogens is 328 g/mol. The fourth-order valence-electron chi connectivity index (χ4n) is 1.67. The number of nitrogens with zero attached hydrogens (tertiary/aromatic N) is 1. The van der Waals surface area contributed by atoms with E-state index in [0.717, 1.165) is 36.9 Å². The molecule has 0 bridgehead atoms. The SMILES string of the molecule is CCNC(=NCC(C)(C)SC)NCCCNC(=O)c1cccs1. The zero-order chi connectivity index (χ0) is 17.1. The summed E-state index contributed by atoms with van der Waals surface area (Å²) >= 11 is 3.27. The number of hydrogen-bond donors (Lipinski definition) is 3. The standard InChI is InChI=1S/C16H28N4OS2/c1-5-17-15(20-12-16(2,3)22-4)19-10-7-9-18-14(21)13-8-6-11-23-13/h6,8,11H,5,7,9-10,12H2,1-4H3,(H,18,21)(H2,17,19,20). The number of carbonyl (C=O) groups excluding carboxylic acids is 1. The van der Waals surface area contributed by atoms with Crippen molar-refractivity contribution in [3.8, 4) is 0 Å². The monoisotopic (exact) mass is 356 g/mol. The summed E-state index contributed by atoms with van der Waals surface area (Å²) in [5.74, 6) is 0.835. The lowest BCUT2D eigenvalue weighted by Gasteiger charge is -2.20.